The van der Waals surface area contributed by atoms with Crippen LogP contribution < -0.4 is 10.5 Å². The van der Waals surface area contributed by atoms with E-state index in [9.17, 15) is 4.79 Å². The molecule has 5 rings (SSSR count). The van der Waals surface area contributed by atoms with Crippen molar-refractivity contribution in [1.82, 2.24) is 14.9 Å². The Balaban J connectivity index is 1.32. The summed E-state index contributed by atoms with van der Waals surface area (Å²) < 4.78 is 0. The summed E-state index contributed by atoms with van der Waals surface area (Å²) >= 11 is 0. The van der Waals surface area contributed by atoms with Crippen molar-refractivity contribution in [2.45, 2.75) is 39.2 Å². The molecule has 0 amide bonds. The van der Waals surface area contributed by atoms with Gasteiger partial charge in [-0.2, -0.15) is 0 Å². The minimum atomic E-state index is 0.112. The fourth-order valence-corrected chi connectivity index (χ4v) is 4.79. The monoisotopic (exact) mass is 388 g/mol. The first kappa shape index (κ1) is 18.4. The van der Waals surface area contributed by atoms with Crippen LogP contribution in [-0.2, 0) is 19.4 Å². The van der Waals surface area contributed by atoms with Gasteiger partial charge in [-0.3, -0.25) is 9.69 Å². The third kappa shape index (κ3) is 3.67. The van der Waals surface area contributed by atoms with Gasteiger partial charge in [0.05, 0.1) is 0 Å². The Labute approximate surface area is 171 Å². The van der Waals surface area contributed by atoms with E-state index in [1.165, 1.54) is 28.5 Å². The molecule has 150 valence electrons. The van der Waals surface area contributed by atoms with E-state index >= 15 is 0 Å². The predicted molar refractivity (Wildman–Crippen MR) is 118 cm³/mol. The maximum Gasteiger partial charge on any atom is 0.251 e. The SMILES string of the molecule is Cc1ccnc(N2CCN(Cc3ccc4[nH]c(=O)c5c(c4c3)CCCC5)CC2)c1. The van der Waals surface area contributed by atoms with Crippen molar-refractivity contribution in [3.05, 3.63) is 69.1 Å². The average molecular weight is 389 g/mol. The van der Waals surface area contributed by atoms with E-state index in [1.54, 1.807) is 0 Å². The lowest BCUT2D eigenvalue weighted by Crippen LogP contribution is -2.46. The van der Waals surface area contributed by atoms with Crippen molar-refractivity contribution < 1.29 is 0 Å². The number of nitrogens with one attached hydrogen (secondary N) is 1. The number of rotatable bonds is 3. The van der Waals surface area contributed by atoms with Gasteiger partial charge in [0.2, 0.25) is 0 Å². The van der Waals surface area contributed by atoms with Crippen molar-refractivity contribution in [3.63, 3.8) is 0 Å². The zero-order chi connectivity index (χ0) is 19.8. The Kier molecular flexibility index (Phi) is 4.84. The van der Waals surface area contributed by atoms with Crippen LogP contribution in [0.3, 0.4) is 0 Å². The maximum absolute atomic E-state index is 12.4. The molecule has 0 bridgehead atoms. The lowest BCUT2D eigenvalue weighted by atomic mass is 9.89. The summed E-state index contributed by atoms with van der Waals surface area (Å²) in [5.41, 5.74) is 5.98. The third-order valence-electron chi connectivity index (χ3n) is 6.40. The molecule has 1 saturated heterocycles. The number of piperazine rings is 1. The van der Waals surface area contributed by atoms with Crippen LogP contribution in [0.15, 0.2) is 41.3 Å². The molecule has 1 aromatic carbocycles. The number of hydrogen-bond donors (Lipinski definition) is 1. The molecule has 1 aliphatic carbocycles. The van der Waals surface area contributed by atoms with E-state index in [0.29, 0.717) is 0 Å². The lowest BCUT2D eigenvalue weighted by Gasteiger charge is -2.35. The van der Waals surface area contributed by atoms with Gasteiger partial charge >= 0.3 is 0 Å². The lowest BCUT2D eigenvalue weighted by molar-refractivity contribution is 0.249. The Morgan fingerprint density at radius 2 is 1.79 bits per heavy atom. The van der Waals surface area contributed by atoms with Crippen molar-refractivity contribution in [1.29, 1.82) is 0 Å². The molecular weight excluding hydrogens is 360 g/mol. The van der Waals surface area contributed by atoms with Crippen LogP contribution in [0.4, 0.5) is 5.82 Å². The number of aromatic amines is 1. The van der Waals surface area contributed by atoms with E-state index in [1.807, 2.05) is 12.3 Å². The highest BCUT2D eigenvalue weighted by Gasteiger charge is 2.20. The second-order valence-electron chi connectivity index (χ2n) is 8.45. The van der Waals surface area contributed by atoms with Gasteiger partial charge in [0, 0.05) is 55.4 Å². The van der Waals surface area contributed by atoms with Gasteiger partial charge in [-0.25, -0.2) is 4.98 Å². The normalized spacial score (nSPS) is 17.5. The summed E-state index contributed by atoms with van der Waals surface area (Å²) in [6.07, 6.45) is 6.16. The summed E-state index contributed by atoms with van der Waals surface area (Å²) in [6.45, 7) is 7.17. The van der Waals surface area contributed by atoms with Gasteiger partial charge in [0.1, 0.15) is 5.82 Å². The second kappa shape index (κ2) is 7.64. The Morgan fingerprint density at radius 3 is 2.59 bits per heavy atom. The quantitative estimate of drug-likeness (QED) is 0.747. The number of nitrogens with zero attached hydrogens (tertiary/aromatic N) is 3. The van der Waals surface area contributed by atoms with Crippen LogP contribution in [0, 0.1) is 6.92 Å². The molecule has 1 N–H and O–H groups in total. The summed E-state index contributed by atoms with van der Waals surface area (Å²) in [5.74, 6) is 1.09. The van der Waals surface area contributed by atoms with Gasteiger partial charge in [-0.05, 0) is 73.6 Å². The number of H-pyrrole nitrogens is 1. The molecule has 2 aliphatic rings. The molecule has 3 heterocycles. The molecule has 0 atom stereocenters. The zero-order valence-corrected chi connectivity index (χ0v) is 17.1. The fraction of sp³-hybridized carbons (Fsp3) is 0.417. The van der Waals surface area contributed by atoms with Gasteiger partial charge in [0.15, 0.2) is 0 Å². The highest BCUT2D eigenvalue weighted by atomic mass is 16.1. The molecule has 5 nitrogen and oxygen atoms in total. The Bertz CT molecular complexity index is 1100. The first-order valence-electron chi connectivity index (χ1n) is 10.7. The van der Waals surface area contributed by atoms with Crippen LogP contribution in [0.1, 0.15) is 35.1 Å². The van der Waals surface area contributed by atoms with E-state index < -0.39 is 0 Å². The third-order valence-corrected chi connectivity index (χ3v) is 6.40. The number of hydrogen-bond acceptors (Lipinski definition) is 4. The van der Waals surface area contributed by atoms with Crippen molar-refractivity contribution in [2.24, 2.45) is 0 Å². The van der Waals surface area contributed by atoms with Gasteiger partial charge < -0.3 is 9.88 Å². The molecule has 3 aromatic rings. The smallest absolute Gasteiger partial charge is 0.251 e. The molecule has 2 aromatic heterocycles. The molecule has 1 fully saturated rings. The molecule has 0 spiro atoms. The summed E-state index contributed by atoms with van der Waals surface area (Å²) in [6, 6.07) is 10.8. The highest BCUT2D eigenvalue weighted by molar-refractivity contribution is 5.84. The van der Waals surface area contributed by atoms with Gasteiger partial charge in [-0.15, -0.1) is 0 Å². The first-order valence-corrected chi connectivity index (χ1v) is 10.7. The summed E-state index contributed by atoms with van der Waals surface area (Å²) in [7, 11) is 0. The van der Waals surface area contributed by atoms with Crippen LogP contribution in [0.25, 0.3) is 10.9 Å². The molecule has 5 heteroatoms. The topological polar surface area (TPSA) is 52.2 Å². The van der Waals surface area contributed by atoms with Crippen LogP contribution >= 0.6 is 0 Å². The minimum Gasteiger partial charge on any atom is -0.354 e. The first-order chi connectivity index (χ1) is 14.2. The van der Waals surface area contributed by atoms with E-state index in [0.717, 1.165) is 68.9 Å². The number of fused-ring (bicyclic) bond motifs is 3. The molecule has 1 aliphatic heterocycles. The molecule has 0 saturated carbocycles. The van der Waals surface area contributed by atoms with Crippen molar-refractivity contribution in [3.8, 4) is 0 Å². The molecule has 0 unspecified atom stereocenters. The summed E-state index contributed by atoms with van der Waals surface area (Å²) in [4.78, 5) is 24.9. The average Bonchev–Trinajstić information content (AvgIpc) is 2.75. The standard InChI is InChI=1S/C24H28N4O/c1-17-8-9-25-23(14-17)28-12-10-27(11-13-28)16-18-6-7-22-21(15-18)19-4-2-3-5-20(19)24(29)26-22/h6-9,14-15H,2-5,10-13,16H2,1H3,(H,26,29). The van der Waals surface area contributed by atoms with Gasteiger partial charge in [-0.1, -0.05) is 6.07 Å². The second-order valence-corrected chi connectivity index (χ2v) is 8.45. The Hall–Kier alpha value is -2.66. The van der Waals surface area contributed by atoms with E-state index in [4.69, 9.17) is 0 Å². The largest absolute Gasteiger partial charge is 0.354 e. The molecular formula is C24H28N4O. The number of aromatic nitrogens is 2. The van der Waals surface area contributed by atoms with Crippen LogP contribution in [0.5, 0.6) is 0 Å². The number of pyridine rings is 2. The van der Waals surface area contributed by atoms with Crippen molar-refractivity contribution in [2.75, 3.05) is 31.1 Å². The maximum atomic E-state index is 12.4. The van der Waals surface area contributed by atoms with Crippen molar-refractivity contribution >= 4 is 16.7 Å². The zero-order valence-electron chi connectivity index (χ0n) is 17.1. The van der Waals surface area contributed by atoms with Gasteiger partial charge in [0.25, 0.3) is 5.56 Å². The summed E-state index contributed by atoms with van der Waals surface area (Å²) in [5, 5.41) is 1.25. The highest BCUT2D eigenvalue weighted by Crippen LogP contribution is 2.27. The number of benzene rings is 1. The van der Waals surface area contributed by atoms with Crippen LogP contribution in [-0.4, -0.2) is 41.0 Å². The predicted octanol–water partition coefficient (Wildman–Crippen LogP) is 3.43. The number of aryl methyl sites for hydroxylation is 2. The fourth-order valence-electron chi connectivity index (χ4n) is 4.79. The minimum absolute atomic E-state index is 0.112. The van der Waals surface area contributed by atoms with Crippen LogP contribution in [0.2, 0.25) is 0 Å². The van der Waals surface area contributed by atoms with E-state index in [-0.39, 0.29) is 5.56 Å². The Morgan fingerprint density at radius 1 is 1.00 bits per heavy atom. The molecule has 29 heavy (non-hydrogen) atoms. The van der Waals surface area contributed by atoms with E-state index in [2.05, 4.69) is 51.0 Å². The number of anilines is 1. The molecule has 0 radical (unpaired) electrons.